The number of phosphoric acid groups is 2. The molecule has 91 heavy (non-hydrogen) atoms. The van der Waals surface area contributed by atoms with Gasteiger partial charge in [0.15, 0.2) is 12.2 Å². The van der Waals surface area contributed by atoms with Crippen LogP contribution in [0, 0.1) is 17.8 Å². The van der Waals surface area contributed by atoms with Gasteiger partial charge >= 0.3 is 39.5 Å². The largest absolute Gasteiger partial charge is 0.472 e. The van der Waals surface area contributed by atoms with Crippen molar-refractivity contribution < 1.29 is 80.2 Å². The predicted octanol–water partition coefficient (Wildman–Crippen LogP) is 20.6. The Morgan fingerprint density at radius 2 is 0.560 bits per heavy atom. The minimum absolute atomic E-state index is 0.105. The summed E-state index contributed by atoms with van der Waals surface area (Å²) in [7, 11) is -9.91. The van der Waals surface area contributed by atoms with Crippen molar-refractivity contribution in [1.82, 2.24) is 0 Å². The molecule has 0 saturated heterocycles. The zero-order valence-corrected chi connectivity index (χ0v) is 61.1. The third-order valence-corrected chi connectivity index (χ3v) is 18.9. The molecule has 19 heteroatoms. The van der Waals surface area contributed by atoms with Crippen molar-refractivity contribution >= 4 is 39.5 Å². The smallest absolute Gasteiger partial charge is 0.462 e. The monoisotopic (exact) mass is 1340 g/mol. The molecule has 0 amide bonds. The topological polar surface area (TPSA) is 237 Å². The number of carbonyl (C=O) groups is 4. The first-order chi connectivity index (χ1) is 43.8. The van der Waals surface area contributed by atoms with Crippen LogP contribution in [0.15, 0.2) is 0 Å². The van der Waals surface area contributed by atoms with Gasteiger partial charge < -0.3 is 33.8 Å². The summed E-state index contributed by atoms with van der Waals surface area (Å²) in [5.74, 6) is 0.142. The summed E-state index contributed by atoms with van der Waals surface area (Å²) in [6.07, 6.45) is 47.1. The van der Waals surface area contributed by atoms with E-state index in [1.165, 1.54) is 173 Å². The zero-order chi connectivity index (χ0) is 67.3. The second-order valence-corrected chi connectivity index (χ2v) is 30.1. The molecule has 6 atom stereocenters. The zero-order valence-electron chi connectivity index (χ0n) is 59.3. The molecule has 0 aliphatic carbocycles. The van der Waals surface area contributed by atoms with Crippen molar-refractivity contribution in [2.45, 2.75) is 381 Å². The first-order valence-corrected chi connectivity index (χ1v) is 40.4. The van der Waals surface area contributed by atoms with E-state index in [0.29, 0.717) is 25.7 Å². The molecule has 0 saturated carbocycles. The quantitative estimate of drug-likeness (QED) is 0.0222. The Bertz CT molecular complexity index is 1790. The highest BCUT2D eigenvalue weighted by molar-refractivity contribution is 7.47. The van der Waals surface area contributed by atoms with Crippen LogP contribution >= 0.6 is 15.6 Å². The molecule has 0 aliphatic heterocycles. The van der Waals surface area contributed by atoms with E-state index >= 15 is 0 Å². The number of unbranched alkanes of at least 4 members (excludes halogenated alkanes) is 37. The Labute approximate surface area is 556 Å². The summed E-state index contributed by atoms with van der Waals surface area (Å²) in [5.41, 5.74) is 0. The minimum Gasteiger partial charge on any atom is -0.462 e. The van der Waals surface area contributed by atoms with Gasteiger partial charge in [0.25, 0.3) is 0 Å². The van der Waals surface area contributed by atoms with Gasteiger partial charge in [-0.1, -0.05) is 312 Å². The van der Waals surface area contributed by atoms with Crippen LogP contribution < -0.4 is 0 Å². The van der Waals surface area contributed by atoms with E-state index in [1.54, 1.807) is 0 Å². The normalized spacial score (nSPS) is 14.5. The molecule has 0 radical (unpaired) electrons. The first-order valence-electron chi connectivity index (χ1n) is 37.4. The van der Waals surface area contributed by atoms with Crippen molar-refractivity contribution in [3.63, 3.8) is 0 Å². The van der Waals surface area contributed by atoms with Crippen LogP contribution in [0.1, 0.15) is 363 Å². The van der Waals surface area contributed by atoms with Gasteiger partial charge in [-0.2, -0.15) is 0 Å². The van der Waals surface area contributed by atoms with Gasteiger partial charge in [0.1, 0.15) is 19.3 Å². The lowest BCUT2D eigenvalue weighted by Gasteiger charge is -2.21. The Balaban J connectivity index is 5.27. The molecule has 0 aromatic rings. The van der Waals surface area contributed by atoms with Crippen molar-refractivity contribution in [2.24, 2.45) is 17.8 Å². The maximum Gasteiger partial charge on any atom is 0.472 e. The number of hydrogen-bond donors (Lipinski definition) is 3. The van der Waals surface area contributed by atoms with Crippen LogP contribution in [0.4, 0.5) is 0 Å². The van der Waals surface area contributed by atoms with Gasteiger partial charge in [-0.15, -0.1) is 0 Å². The van der Waals surface area contributed by atoms with Crippen LogP contribution in [-0.4, -0.2) is 96.7 Å². The maximum atomic E-state index is 13.0. The number of esters is 4. The molecule has 0 rings (SSSR count). The molecule has 0 aromatic heterocycles. The van der Waals surface area contributed by atoms with Crippen LogP contribution in [0.2, 0.25) is 0 Å². The number of aliphatic hydroxyl groups excluding tert-OH is 1. The van der Waals surface area contributed by atoms with E-state index in [-0.39, 0.29) is 25.7 Å². The second-order valence-electron chi connectivity index (χ2n) is 27.2. The highest BCUT2D eigenvalue weighted by Crippen LogP contribution is 2.45. The Kier molecular flexibility index (Phi) is 61.5. The summed E-state index contributed by atoms with van der Waals surface area (Å²) in [6, 6.07) is 0. The van der Waals surface area contributed by atoms with Gasteiger partial charge in [0, 0.05) is 25.7 Å². The number of aliphatic hydroxyl groups is 1. The van der Waals surface area contributed by atoms with Crippen molar-refractivity contribution in [2.75, 3.05) is 39.6 Å². The molecular weight excluding hydrogens is 1200 g/mol. The van der Waals surface area contributed by atoms with Gasteiger partial charge in [-0.05, 0) is 43.4 Å². The highest BCUT2D eigenvalue weighted by atomic mass is 31.2. The van der Waals surface area contributed by atoms with E-state index in [0.717, 1.165) is 108 Å². The SMILES string of the molecule is CCCCCCCCCCCCCCCCC(=O)OC[C@H](COP(=O)(O)OC[C@@H](O)COP(=O)(O)OC[C@@H](COC(=O)CCCCCCCCCCC(C)C)OC(=O)CCCCCCCCCCCC(C)C)OC(=O)CCCCCCCCCCCCC(C)CC. The summed E-state index contributed by atoms with van der Waals surface area (Å²) >= 11 is 0. The lowest BCUT2D eigenvalue weighted by atomic mass is 9.99. The summed E-state index contributed by atoms with van der Waals surface area (Å²) in [5, 5.41) is 10.6. The van der Waals surface area contributed by atoms with Gasteiger partial charge in [0.05, 0.1) is 26.4 Å². The van der Waals surface area contributed by atoms with E-state index < -0.39 is 97.5 Å². The fraction of sp³-hybridized carbons (Fsp3) is 0.944. The second kappa shape index (κ2) is 62.8. The molecular formula is C72H140O17P2. The van der Waals surface area contributed by atoms with E-state index in [9.17, 15) is 43.2 Å². The molecule has 540 valence electrons. The third kappa shape index (κ3) is 65.1. The highest BCUT2D eigenvalue weighted by Gasteiger charge is 2.30. The lowest BCUT2D eigenvalue weighted by molar-refractivity contribution is -0.161. The molecule has 0 fully saturated rings. The first kappa shape index (κ1) is 89.1. The van der Waals surface area contributed by atoms with Crippen LogP contribution in [0.5, 0.6) is 0 Å². The Morgan fingerprint density at radius 3 is 0.835 bits per heavy atom. The number of rotatable bonds is 70. The van der Waals surface area contributed by atoms with Crippen molar-refractivity contribution in [3.8, 4) is 0 Å². The molecule has 17 nitrogen and oxygen atoms in total. The summed E-state index contributed by atoms with van der Waals surface area (Å²) in [6.45, 7) is 11.8. The fourth-order valence-corrected chi connectivity index (χ4v) is 12.4. The summed E-state index contributed by atoms with van der Waals surface area (Å²) in [4.78, 5) is 72.7. The molecule has 0 bridgehead atoms. The molecule has 0 spiro atoms. The van der Waals surface area contributed by atoms with Gasteiger partial charge in [0.2, 0.25) is 0 Å². The van der Waals surface area contributed by atoms with Gasteiger partial charge in [-0.25, -0.2) is 9.13 Å². The van der Waals surface area contributed by atoms with Gasteiger partial charge in [-0.3, -0.25) is 37.3 Å². The van der Waals surface area contributed by atoms with E-state index in [4.69, 9.17) is 37.0 Å². The number of carbonyl (C=O) groups excluding carboxylic acids is 4. The molecule has 0 heterocycles. The number of ether oxygens (including phenoxy) is 4. The molecule has 0 aromatic carbocycles. The molecule has 3 N–H and O–H groups in total. The van der Waals surface area contributed by atoms with Crippen LogP contribution in [0.25, 0.3) is 0 Å². The van der Waals surface area contributed by atoms with Crippen molar-refractivity contribution in [3.05, 3.63) is 0 Å². The van der Waals surface area contributed by atoms with E-state index in [2.05, 4.69) is 48.5 Å². The van der Waals surface area contributed by atoms with Crippen LogP contribution in [0.3, 0.4) is 0 Å². The average Bonchev–Trinajstić information content (AvgIpc) is 3.33. The third-order valence-electron chi connectivity index (χ3n) is 17.0. The number of phosphoric ester groups is 2. The van der Waals surface area contributed by atoms with Crippen LogP contribution in [-0.2, 0) is 65.4 Å². The maximum absolute atomic E-state index is 13.0. The standard InChI is InChI=1S/C72H140O17P2/c1-8-10-11-12-13-14-15-16-17-18-24-32-39-46-53-69(74)82-59-67(88-71(76)55-48-41-34-25-20-19-23-31-38-45-52-65(7)9-2)61-86-90(78,79)84-57-66(73)58-85-91(80,81)87-62-68(60-83-70(75)54-47-40-33-28-27-30-37-44-51-64(5)6)89-72(77)56-49-42-35-26-21-22-29-36-43-50-63(3)4/h63-68,73H,8-62H2,1-7H3,(H,78,79)(H,80,81)/t65?,66-,67-,68-/m1/s1. The number of hydrogen-bond acceptors (Lipinski definition) is 15. The molecule has 0 aliphatic rings. The lowest BCUT2D eigenvalue weighted by Crippen LogP contribution is -2.30. The Hall–Kier alpha value is -1.94. The van der Waals surface area contributed by atoms with Crippen molar-refractivity contribution in [1.29, 1.82) is 0 Å². The molecule has 3 unspecified atom stereocenters. The fourth-order valence-electron chi connectivity index (χ4n) is 10.9. The Morgan fingerprint density at radius 1 is 0.319 bits per heavy atom. The average molecular weight is 1340 g/mol. The van der Waals surface area contributed by atoms with E-state index in [1.807, 2.05) is 0 Å². The summed E-state index contributed by atoms with van der Waals surface area (Å²) < 4.78 is 68.4. The minimum atomic E-state index is -4.95. The predicted molar refractivity (Wildman–Crippen MR) is 368 cm³/mol.